The number of nitrogens with zero attached hydrogens (tertiary/aromatic N) is 1. The minimum absolute atomic E-state index is 0.184. The molecule has 0 atom stereocenters. The van der Waals surface area contributed by atoms with Crippen LogP contribution < -0.4 is 0 Å². The molecule has 0 amide bonds. The lowest BCUT2D eigenvalue weighted by Crippen LogP contribution is -2.27. The summed E-state index contributed by atoms with van der Waals surface area (Å²) in [5.41, 5.74) is 2.03. The third-order valence-corrected chi connectivity index (χ3v) is 3.96. The molecule has 3 nitrogen and oxygen atoms in total. The Morgan fingerprint density at radius 3 is 2.79 bits per heavy atom. The van der Waals surface area contributed by atoms with Crippen LogP contribution in [0, 0.1) is 6.92 Å². The predicted molar refractivity (Wildman–Crippen MR) is 77.9 cm³/mol. The van der Waals surface area contributed by atoms with E-state index in [1.807, 2.05) is 13.0 Å². The van der Waals surface area contributed by atoms with Crippen LogP contribution in [0.15, 0.2) is 40.8 Å². The Kier molecular flexibility index (Phi) is 5.05. The Labute approximate surface area is 118 Å². The quantitative estimate of drug-likeness (QED) is 0.624. The summed E-state index contributed by atoms with van der Waals surface area (Å²) in [5.74, 6) is -0.184. The first-order valence-electron chi connectivity index (χ1n) is 6.55. The highest BCUT2D eigenvalue weighted by Gasteiger charge is 2.19. The highest BCUT2D eigenvalue weighted by molar-refractivity contribution is 7.97. The Morgan fingerprint density at radius 2 is 2.11 bits per heavy atom. The molecular formula is C15H19NO2S. The maximum Gasteiger partial charge on any atom is 0.335 e. The van der Waals surface area contributed by atoms with Crippen LogP contribution in [0.25, 0.3) is 0 Å². The predicted octanol–water partition coefficient (Wildman–Crippen LogP) is 3.20. The van der Waals surface area contributed by atoms with Crippen molar-refractivity contribution in [2.45, 2.75) is 25.2 Å². The number of esters is 1. The lowest BCUT2D eigenvalue weighted by Gasteiger charge is -2.25. The van der Waals surface area contributed by atoms with E-state index in [1.165, 1.54) is 10.5 Å². The van der Waals surface area contributed by atoms with E-state index >= 15 is 0 Å². The molecule has 1 aromatic rings. The lowest BCUT2D eigenvalue weighted by molar-refractivity contribution is -0.138. The average Bonchev–Trinajstić information content (AvgIpc) is 2.42. The highest BCUT2D eigenvalue weighted by atomic mass is 32.2. The third-order valence-electron chi connectivity index (χ3n) is 2.91. The van der Waals surface area contributed by atoms with E-state index < -0.39 is 0 Å². The minimum atomic E-state index is -0.184. The van der Waals surface area contributed by atoms with Crippen LogP contribution in [0.5, 0.6) is 0 Å². The fourth-order valence-corrected chi connectivity index (χ4v) is 2.87. The third kappa shape index (κ3) is 4.11. The van der Waals surface area contributed by atoms with Gasteiger partial charge in [-0.15, -0.1) is 0 Å². The van der Waals surface area contributed by atoms with Crippen molar-refractivity contribution in [1.82, 2.24) is 4.31 Å². The van der Waals surface area contributed by atoms with Crippen LogP contribution in [-0.4, -0.2) is 30.0 Å². The smallest absolute Gasteiger partial charge is 0.335 e. The van der Waals surface area contributed by atoms with Gasteiger partial charge in [0.15, 0.2) is 0 Å². The topological polar surface area (TPSA) is 29.5 Å². The van der Waals surface area contributed by atoms with Crippen LogP contribution in [0.1, 0.15) is 18.9 Å². The molecule has 0 aliphatic carbocycles. The second kappa shape index (κ2) is 6.78. The van der Waals surface area contributed by atoms with Gasteiger partial charge in [0.1, 0.15) is 0 Å². The Morgan fingerprint density at radius 1 is 1.37 bits per heavy atom. The van der Waals surface area contributed by atoms with Gasteiger partial charge in [-0.05, 0) is 44.3 Å². The molecule has 0 fully saturated rings. The summed E-state index contributed by atoms with van der Waals surface area (Å²) < 4.78 is 7.26. The summed E-state index contributed by atoms with van der Waals surface area (Å²) in [5, 5.41) is 0. The summed E-state index contributed by atoms with van der Waals surface area (Å²) in [4.78, 5) is 12.9. The van der Waals surface area contributed by atoms with Gasteiger partial charge in [0.05, 0.1) is 6.61 Å². The van der Waals surface area contributed by atoms with E-state index in [4.69, 9.17) is 4.74 Å². The summed E-state index contributed by atoms with van der Waals surface area (Å²) in [6.07, 6.45) is 2.89. The van der Waals surface area contributed by atoms with Crippen LogP contribution in [0.3, 0.4) is 0 Å². The number of hydrogen-bond donors (Lipinski definition) is 0. The second-order valence-corrected chi connectivity index (χ2v) is 5.68. The minimum Gasteiger partial charge on any atom is -0.463 e. The van der Waals surface area contributed by atoms with Crippen molar-refractivity contribution in [3.8, 4) is 0 Å². The van der Waals surface area contributed by atoms with Crippen LogP contribution >= 0.6 is 11.9 Å². The van der Waals surface area contributed by atoms with E-state index in [-0.39, 0.29) is 5.97 Å². The molecule has 0 radical (unpaired) electrons. The molecule has 0 bridgehead atoms. The fraction of sp³-hybridized carbons (Fsp3) is 0.400. The molecule has 19 heavy (non-hydrogen) atoms. The summed E-state index contributed by atoms with van der Waals surface area (Å²) in [6, 6.07) is 8.44. The molecule has 102 valence electrons. The molecule has 0 N–H and O–H groups in total. The number of rotatable bonds is 4. The van der Waals surface area contributed by atoms with E-state index in [9.17, 15) is 4.79 Å². The first-order valence-corrected chi connectivity index (χ1v) is 7.32. The van der Waals surface area contributed by atoms with E-state index in [1.54, 1.807) is 11.9 Å². The van der Waals surface area contributed by atoms with E-state index in [0.717, 1.165) is 18.5 Å². The van der Waals surface area contributed by atoms with Crippen molar-refractivity contribution >= 4 is 17.9 Å². The molecule has 4 heteroatoms. The molecule has 0 aromatic heterocycles. The van der Waals surface area contributed by atoms with Gasteiger partial charge < -0.3 is 4.74 Å². The van der Waals surface area contributed by atoms with Crippen molar-refractivity contribution in [3.05, 3.63) is 41.5 Å². The molecule has 1 aromatic carbocycles. The van der Waals surface area contributed by atoms with E-state index in [2.05, 4.69) is 35.5 Å². The molecule has 1 aliphatic rings. The zero-order valence-electron chi connectivity index (χ0n) is 11.4. The standard InChI is InChI=1S/C15H19NO2S/c1-3-18-15(17)13-5-4-10-16(11-13)19-14-8-6-12(2)7-9-14/h5-9H,3-4,10-11H2,1-2H3. The second-order valence-electron chi connectivity index (χ2n) is 4.51. The van der Waals surface area contributed by atoms with Crippen molar-refractivity contribution in [2.24, 2.45) is 0 Å². The zero-order chi connectivity index (χ0) is 13.7. The lowest BCUT2D eigenvalue weighted by atomic mass is 10.1. The van der Waals surface area contributed by atoms with E-state index in [0.29, 0.717) is 13.2 Å². The number of carbonyl (C=O) groups excluding carboxylic acids is 1. The first-order chi connectivity index (χ1) is 9.19. The van der Waals surface area contributed by atoms with Gasteiger partial charge in [0, 0.05) is 23.6 Å². The van der Waals surface area contributed by atoms with Crippen LogP contribution in [-0.2, 0) is 9.53 Å². The molecule has 0 unspecified atom stereocenters. The van der Waals surface area contributed by atoms with Crippen molar-refractivity contribution in [1.29, 1.82) is 0 Å². The summed E-state index contributed by atoms with van der Waals surface area (Å²) in [7, 11) is 0. The molecule has 0 spiro atoms. The van der Waals surface area contributed by atoms with Gasteiger partial charge >= 0.3 is 5.97 Å². The molecule has 0 saturated carbocycles. The van der Waals surface area contributed by atoms with Gasteiger partial charge in [-0.25, -0.2) is 9.10 Å². The molecule has 1 aliphatic heterocycles. The number of hydrogen-bond acceptors (Lipinski definition) is 4. The number of benzene rings is 1. The molecule has 1 heterocycles. The highest BCUT2D eigenvalue weighted by Crippen LogP contribution is 2.26. The number of aryl methyl sites for hydroxylation is 1. The van der Waals surface area contributed by atoms with Gasteiger partial charge in [0.25, 0.3) is 0 Å². The Balaban J connectivity index is 1.94. The maximum absolute atomic E-state index is 11.7. The Hall–Kier alpha value is -1.26. The average molecular weight is 277 g/mol. The summed E-state index contributed by atoms with van der Waals surface area (Å²) >= 11 is 1.70. The van der Waals surface area contributed by atoms with Crippen LogP contribution in [0.2, 0.25) is 0 Å². The summed E-state index contributed by atoms with van der Waals surface area (Å²) in [6.45, 7) is 5.96. The fourth-order valence-electron chi connectivity index (χ4n) is 1.91. The first kappa shape index (κ1) is 14.2. The van der Waals surface area contributed by atoms with Gasteiger partial charge in [-0.2, -0.15) is 0 Å². The van der Waals surface area contributed by atoms with Gasteiger partial charge in [-0.1, -0.05) is 23.8 Å². The van der Waals surface area contributed by atoms with Crippen molar-refractivity contribution < 1.29 is 9.53 Å². The van der Waals surface area contributed by atoms with Crippen molar-refractivity contribution in [2.75, 3.05) is 19.7 Å². The largest absolute Gasteiger partial charge is 0.463 e. The maximum atomic E-state index is 11.7. The Bertz CT molecular complexity index is 468. The van der Waals surface area contributed by atoms with Crippen LogP contribution in [0.4, 0.5) is 0 Å². The van der Waals surface area contributed by atoms with Crippen molar-refractivity contribution in [3.63, 3.8) is 0 Å². The molecule has 0 saturated heterocycles. The molecule has 2 rings (SSSR count). The monoisotopic (exact) mass is 277 g/mol. The SMILES string of the molecule is CCOC(=O)C1=CCCN(Sc2ccc(C)cc2)C1. The zero-order valence-corrected chi connectivity index (χ0v) is 12.2. The van der Waals surface area contributed by atoms with Gasteiger partial charge in [0.2, 0.25) is 0 Å². The number of ether oxygens (including phenoxy) is 1. The normalized spacial score (nSPS) is 16.0. The molecular weight excluding hydrogens is 258 g/mol. The number of carbonyl (C=O) groups is 1. The van der Waals surface area contributed by atoms with Gasteiger partial charge in [-0.3, -0.25) is 0 Å².